The van der Waals surface area contributed by atoms with Crippen LogP contribution in [0.1, 0.15) is 0 Å². The van der Waals surface area contributed by atoms with E-state index in [1.807, 2.05) is 30.3 Å². The number of aromatic nitrogens is 3. The molecule has 0 amide bonds. The Morgan fingerprint density at radius 3 is 1.46 bits per heavy atom. The molecule has 0 aliphatic carbocycles. The van der Waals surface area contributed by atoms with Crippen LogP contribution in [0.15, 0.2) is 30.3 Å². The second kappa shape index (κ2) is 10.6. The average molecular weight is 363 g/mol. The van der Waals surface area contributed by atoms with E-state index in [1.54, 1.807) is 38.2 Å². The molecule has 0 N–H and O–H groups in total. The lowest BCUT2D eigenvalue weighted by molar-refractivity contribution is 0.136. The zero-order valence-corrected chi connectivity index (χ0v) is 15.6. The van der Waals surface area contributed by atoms with Crippen LogP contribution in [0.4, 0.5) is 11.9 Å². The van der Waals surface area contributed by atoms with Gasteiger partial charge >= 0.3 is 0 Å². The van der Waals surface area contributed by atoms with Gasteiger partial charge in [-0.1, -0.05) is 30.3 Å². The van der Waals surface area contributed by atoms with Crippen LogP contribution in [0.3, 0.4) is 0 Å². The summed E-state index contributed by atoms with van der Waals surface area (Å²) in [7, 11) is 6.41. The van der Waals surface area contributed by atoms with Gasteiger partial charge in [0.2, 0.25) is 11.9 Å². The first-order valence-electron chi connectivity index (χ1n) is 8.00. The summed E-state index contributed by atoms with van der Waals surface area (Å²) >= 11 is 0. The molecular weight excluding hydrogens is 338 g/mol. The summed E-state index contributed by atoms with van der Waals surface area (Å²) in [5.41, 5.74) is 0.877. The Bertz CT molecular complexity index is 613. The molecule has 0 atom stereocenters. The summed E-state index contributed by atoms with van der Waals surface area (Å²) in [5, 5.41) is 0. The average Bonchev–Trinajstić information content (AvgIpc) is 2.68. The molecule has 0 unspecified atom stereocenters. The Balaban J connectivity index is 2.50. The second-order valence-electron chi connectivity index (χ2n) is 5.38. The summed E-state index contributed by atoms with van der Waals surface area (Å²) in [6.45, 7) is 1.11. The highest BCUT2D eigenvalue weighted by atomic mass is 16.5. The van der Waals surface area contributed by atoms with Gasteiger partial charge in [0.25, 0.3) is 0 Å². The molecule has 1 aromatic carbocycles. The molecule has 1 aromatic heterocycles. The van der Waals surface area contributed by atoms with Gasteiger partial charge in [0.15, 0.2) is 5.82 Å². The SMILES string of the molecule is COCN(COC)c1nc(-c2ccccc2)nc(N(COC)COC)n1. The molecule has 0 saturated carbocycles. The van der Waals surface area contributed by atoms with Gasteiger partial charge in [-0.2, -0.15) is 15.0 Å². The minimum atomic E-state index is 0.278. The molecule has 0 spiro atoms. The third-order valence-electron chi connectivity index (χ3n) is 3.35. The maximum atomic E-state index is 5.23. The smallest absolute Gasteiger partial charge is 0.234 e. The standard InChI is InChI=1S/C17H25N5O4/c1-23-10-21(11-24-2)16-18-15(14-8-6-5-7-9-14)19-17(20-16)22(12-25-3)13-26-4/h5-9H,10-13H2,1-4H3. The highest BCUT2D eigenvalue weighted by Crippen LogP contribution is 2.21. The molecule has 0 aliphatic heterocycles. The second-order valence-corrected chi connectivity index (χ2v) is 5.38. The highest BCUT2D eigenvalue weighted by molar-refractivity contribution is 5.58. The number of hydrogen-bond acceptors (Lipinski definition) is 9. The van der Waals surface area contributed by atoms with Crippen LogP contribution in [-0.2, 0) is 18.9 Å². The zero-order chi connectivity index (χ0) is 18.8. The van der Waals surface area contributed by atoms with Crippen molar-refractivity contribution >= 4 is 11.9 Å². The highest BCUT2D eigenvalue weighted by Gasteiger charge is 2.18. The minimum Gasteiger partial charge on any atom is -0.364 e. The van der Waals surface area contributed by atoms with E-state index in [4.69, 9.17) is 18.9 Å². The lowest BCUT2D eigenvalue weighted by atomic mass is 10.2. The molecule has 26 heavy (non-hydrogen) atoms. The van der Waals surface area contributed by atoms with E-state index in [0.29, 0.717) is 17.7 Å². The Kier molecular flexibility index (Phi) is 8.16. The first-order valence-corrected chi connectivity index (χ1v) is 8.00. The van der Waals surface area contributed by atoms with Gasteiger partial charge < -0.3 is 18.9 Å². The Labute approximate surface area is 153 Å². The molecule has 2 aromatic rings. The van der Waals surface area contributed by atoms with Gasteiger partial charge in [-0.05, 0) is 0 Å². The zero-order valence-electron chi connectivity index (χ0n) is 15.6. The Morgan fingerprint density at radius 2 is 1.08 bits per heavy atom. The molecule has 0 radical (unpaired) electrons. The number of nitrogens with zero attached hydrogens (tertiary/aromatic N) is 5. The number of hydrogen-bond donors (Lipinski definition) is 0. The van der Waals surface area contributed by atoms with Crippen molar-refractivity contribution in [3.63, 3.8) is 0 Å². The van der Waals surface area contributed by atoms with E-state index in [2.05, 4.69) is 15.0 Å². The van der Waals surface area contributed by atoms with Crippen molar-refractivity contribution in [2.24, 2.45) is 0 Å². The maximum absolute atomic E-state index is 5.23. The number of benzene rings is 1. The molecule has 9 nitrogen and oxygen atoms in total. The molecule has 9 heteroatoms. The predicted octanol–water partition coefficient (Wildman–Crippen LogP) is 1.57. The predicted molar refractivity (Wildman–Crippen MR) is 97.7 cm³/mol. The van der Waals surface area contributed by atoms with Crippen molar-refractivity contribution in [2.75, 3.05) is 65.2 Å². The first kappa shape index (κ1) is 20.0. The number of rotatable bonds is 11. The van der Waals surface area contributed by atoms with E-state index < -0.39 is 0 Å². The Morgan fingerprint density at radius 1 is 0.654 bits per heavy atom. The largest absolute Gasteiger partial charge is 0.364 e. The van der Waals surface area contributed by atoms with Crippen molar-refractivity contribution in [3.05, 3.63) is 30.3 Å². The van der Waals surface area contributed by atoms with Gasteiger partial charge in [0, 0.05) is 34.0 Å². The fourth-order valence-electron chi connectivity index (χ4n) is 2.28. The van der Waals surface area contributed by atoms with Crippen molar-refractivity contribution in [3.8, 4) is 11.4 Å². The van der Waals surface area contributed by atoms with Crippen LogP contribution in [0.25, 0.3) is 11.4 Å². The molecule has 0 fully saturated rings. The number of ether oxygens (including phenoxy) is 4. The number of methoxy groups -OCH3 is 4. The summed E-state index contributed by atoms with van der Waals surface area (Å²) in [6, 6.07) is 9.69. The third-order valence-corrected chi connectivity index (χ3v) is 3.35. The summed E-state index contributed by atoms with van der Waals surface area (Å²) in [5.74, 6) is 1.42. The molecular formula is C17H25N5O4. The quantitative estimate of drug-likeness (QED) is 0.552. The monoisotopic (exact) mass is 363 g/mol. The number of anilines is 2. The lowest BCUT2D eigenvalue weighted by Gasteiger charge is -2.24. The van der Waals surface area contributed by atoms with E-state index >= 15 is 0 Å². The fraction of sp³-hybridized carbons (Fsp3) is 0.471. The summed E-state index contributed by atoms with van der Waals surface area (Å²) in [4.78, 5) is 17.2. The van der Waals surface area contributed by atoms with Gasteiger partial charge in [0.1, 0.15) is 26.9 Å². The van der Waals surface area contributed by atoms with Crippen molar-refractivity contribution in [2.45, 2.75) is 0 Å². The molecule has 0 bridgehead atoms. The van der Waals surface area contributed by atoms with Gasteiger partial charge in [-0.15, -0.1) is 0 Å². The van der Waals surface area contributed by atoms with Crippen LogP contribution in [0.5, 0.6) is 0 Å². The maximum Gasteiger partial charge on any atom is 0.234 e. The van der Waals surface area contributed by atoms with Crippen LogP contribution in [0, 0.1) is 0 Å². The van der Waals surface area contributed by atoms with Crippen LogP contribution >= 0.6 is 0 Å². The topological polar surface area (TPSA) is 82.1 Å². The molecule has 142 valence electrons. The van der Waals surface area contributed by atoms with Gasteiger partial charge in [-0.3, -0.25) is 9.80 Å². The lowest BCUT2D eigenvalue weighted by Crippen LogP contribution is -2.33. The van der Waals surface area contributed by atoms with Crippen LogP contribution in [0.2, 0.25) is 0 Å². The molecule has 2 rings (SSSR count). The van der Waals surface area contributed by atoms with Crippen molar-refractivity contribution in [1.82, 2.24) is 15.0 Å². The summed E-state index contributed by atoms with van der Waals surface area (Å²) < 4.78 is 20.9. The minimum absolute atomic E-state index is 0.278. The Hall–Kier alpha value is -2.33. The fourth-order valence-corrected chi connectivity index (χ4v) is 2.28. The molecule has 0 aliphatic rings. The van der Waals surface area contributed by atoms with Crippen LogP contribution in [-0.4, -0.2) is 70.3 Å². The third kappa shape index (κ3) is 5.33. The normalized spacial score (nSPS) is 10.8. The van der Waals surface area contributed by atoms with Crippen molar-refractivity contribution < 1.29 is 18.9 Å². The van der Waals surface area contributed by atoms with E-state index in [9.17, 15) is 0 Å². The van der Waals surface area contributed by atoms with Gasteiger partial charge in [0.05, 0.1) is 0 Å². The van der Waals surface area contributed by atoms with Crippen LogP contribution < -0.4 is 9.80 Å². The molecule has 1 heterocycles. The molecule has 0 saturated heterocycles. The summed E-state index contributed by atoms with van der Waals surface area (Å²) in [6.07, 6.45) is 0. The van der Waals surface area contributed by atoms with Gasteiger partial charge in [-0.25, -0.2) is 0 Å². The van der Waals surface area contributed by atoms with E-state index in [-0.39, 0.29) is 26.9 Å². The van der Waals surface area contributed by atoms with E-state index in [1.165, 1.54) is 0 Å². The van der Waals surface area contributed by atoms with E-state index in [0.717, 1.165) is 5.56 Å². The first-order chi connectivity index (χ1) is 12.7. The van der Waals surface area contributed by atoms with Crippen molar-refractivity contribution in [1.29, 1.82) is 0 Å².